The van der Waals surface area contributed by atoms with Crippen LogP contribution in [0.2, 0.25) is 0 Å². The molecule has 0 radical (unpaired) electrons. The number of aromatic nitrogens is 1. The molecule has 2 aliphatic heterocycles. The maximum absolute atomic E-state index is 2.52. The van der Waals surface area contributed by atoms with Crippen LogP contribution >= 0.6 is 11.8 Å². The first-order valence-electron chi connectivity index (χ1n) is 20.0. The summed E-state index contributed by atoms with van der Waals surface area (Å²) in [5.74, 6) is 0. The fourth-order valence-electron chi connectivity index (χ4n) is 9.51. The number of benzene rings is 9. The van der Waals surface area contributed by atoms with Crippen LogP contribution < -0.4 is 21.3 Å². The van der Waals surface area contributed by atoms with Gasteiger partial charge in [-0.2, -0.15) is 0 Å². The SMILES string of the molecule is c1ccc(-c2cc(-c3ccccc3)cc(-n3c4ccccc4c4cc(-c5ccccc5N5c6ccccc6B6c7ccccc7Sc7cccc5c76)ccc43)c2)cc1. The van der Waals surface area contributed by atoms with Crippen molar-refractivity contribution in [2.75, 3.05) is 4.90 Å². The molecule has 0 spiro atoms. The molecule has 0 amide bonds. The van der Waals surface area contributed by atoms with Crippen LogP contribution in [0.25, 0.3) is 60.9 Å². The van der Waals surface area contributed by atoms with Gasteiger partial charge in [-0.3, -0.25) is 0 Å². The fraction of sp³-hybridized carbons (Fsp3) is 0. The lowest BCUT2D eigenvalue weighted by molar-refractivity contribution is 1.18. The number of fused-ring (bicyclic) bond motifs is 7. The molecule has 0 unspecified atom stereocenters. The summed E-state index contributed by atoms with van der Waals surface area (Å²) in [6.07, 6.45) is 0. The number of hydrogen-bond donors (Lipinski definition) is 0. The molecule has 0 atom stereocenters. The van der Waals surface area contributed by atoms with Crippen molar-refractivity contribution in [3.63, 3.8) is 0 Å². The highest BCUT2D eigenvalue weighted by Gasteiger charge is 2.40. The predicted molar refractivity (Wildman–Crippen MR) is 247 cm³/mol. The van der Waals surface area contributed by atoms with Crippen LogP contribution in [0.15, 0.2) is 222 Å². The van der Waals surface area contributed by atoms with Crippen LogP contribution in [0.4, 0.5) is 17.1 Å². The first-order valence-corrected chi connectivity index (χ1v) is 20.8. The largest absolute Gasteiger partial charge is 0.311 e. The number of hydrogen-bond acceptors (Lipinski definition) is 2. The molecular formula is C54H35BN2S. The summed E-state index contributed by atoms with van der Waals surface area (Å²) >= 11 is 1.90. The van der Waals surface area contributed by atoms with Gasteiger partial charge in [0.05, 0.1) is 16.7 Å². The van der Waals surface area contributed by atoms with Gasteiger partial charge < -0.3 is 9.47 Å². The molecule has 0 bridgehead atoms. The molecule has 1 aromatic heterocycles. The van der Waals surface area contributed by atoms with E-state index in [0.717, 1.165) is 5.69 Å². The first-order chi connectivity index (χ1) is 28.8. The molecule has 58 heavy (non-hydrogen) atoms. The lowest BCUT2D eigenvalue weighted by Gasteiger charge is -2.40. The summed E-state index contributed by atoms with van der Waals surface area (Å²) in [7, 11) is 0. The zero-order valence-electron chi connectivity index (χ0n) is 31.6. The zero-order chi connectivity index (χ0) is 38.2. The van der Waals surface area contributed by atoms with E-state index >= 15 is 0 Å². The molecule has 0 aliphatic carbocycles. The molecule has 2 nitrogen and oxygen atoms in total. The van der Waals surface area contributed by atoms with Crippen molar-refractivity contribution in [3.8, 4) is 39.1 Å². The highest BCUT2D eigenvalue weighted by Crippen LogP contribution is 2.46. The second-order valence-electron chi connectivity index (χ2n) is 15.3. The second-order valence-corrected chi connectivity index (χ2v) is 16.3. The maximum atomic E-state index is 2.52. The lowest BCUT2D eigenvalue weighted by atomic mass is 9.35. The van der Waals surface area contributed by atoms with E-state index in [9.17, 15) is 0 Å². The van der Waals surface area contributed by atoms with E-state index < -0.39 is 0 Å². The minimum atomic E-state index is 0.188. The van der Waals surface area contributed by atoms with Gasteiger partial charge in [0.25, 0.3) is 0 Å². The van der Waals surface area contributed by atoms with Crippen molar-refractivity contribution in [3.05, 3.63) is 212 Å². The summed E-state index contributed by atoms with van der Waals surface area (Å²) in [6.45, 7) is 0.188. The summed E-state index contributed by atoms with van der Waals surface area (Å²) in [4.78, 5) is 5.19. The van der Waals surface area contributed by atoms with E-state index in [1.54, 1.807) is 0 Å². The molecule has 0 N–H and O–H groups in total. The monoisotopic (exact) mass is 754 g/mol. The van der Waals surface area contributed by atoms with Crippen molar-refractivity contribution >= 4 is 73.7 Å². The third kappa shape index (κ3) is 5.15. The van der Waals surface area contributed by atoms with Gasteiger partial charge in [-0.1, -0.05) is 163 Å². The molecule has 9 aromatic carbocycles. The van der Waals surface area contributed by atoms with E-state index in [0.29, 0.717) is 0 Å². The van der Waals surface area contributed by atoms with E-state index in [1.165, 1.54) is 98.4 Å². The van der Waals surface area contributed by atoms with Gasteiger partial charge in [-0.05, 0) is 105 Å². The number of anilines is 3. The fourth-order valence-corrected chi connectivity index (χ4v) is 10.7. The van der Waals surface area contributed by atoms with Crippen LogP contribution in [-0.2, 0) is 0 Å². The Morgan fingerprint density at radius 1 is 0.362 bits per heavy atom. The summed E-state index contributed by atoms with van der Waals surface area (Å²) in [5.41, 5.74) is 18.5. The Morgan fingerprint density at radius 2 is 0.966 bits per heavy atom. The molecule has 12 rings (SSSR count). The van der Waals surface area contributed by atoms with E-state index in [2.05, 4.69) is 222 Å². The van der Waals surface area contributed by atoms with Crippen molar-refractivity contribution < 1.29 is 0 Å². The van der Waals surface area contributed by atoms with Crippen LogP contribution in [-0.4, -0.2) is 11.3 Å². The quantitative estimate of drug-likeness (QED) is 0.162. The number of nitrogens with zero attached hydrogens (tertiary/aromatic N) is 2. The highest BCUT2D eigenvalue weighted by molar-refractivity contribution is 8.00. The van der Waals surface area contributed by atoms with Gasteiger partial charge in [-0.25, -0.2) is 0 Å². The Labute approximate surface area is 342 Å². The van der Waals surface area contributed by atoms with Gasteiger partial charge in [0, 0.05) is 43.2 Å². The molecule has 270 valence electrons. The Hall–Kier alpha value is -7.01. The topological polar surface area (TPSA) is 8.17 Å². The summed E-state index contributed by atoms with van der Waals surface area (Å²) in [6, 6.07) is 78.1. The number of para-hydroxylation sites is 3. The van der Waals surface area contributed by atoms with Crippen LogP contribution in [0.5, 0.6) is 0 Å². The van der Waals surface area contributed by atoms with E-state index in [4.69, 9.17) is 0 Å². The Kier molecular flexibility index (Phi) is 7.60. The molecule has 0 saturated carbocycles. The first kappa shape index (κ1) is 33.2. The number of rotatable bonds is 5. The molecule has 4 heteroatoms. The van der Waals surface area contributed by atoms with Crippen LogP contribution in [0.1, 0.15) is 0 Å². The van der Waals surface area contributed by atoms with E-state index in [1.807, 2.05) is 11.8 Å². The average molecular weight is 755 g/mol. The molecular weight excluding hydrogens is 719 g/mol. The van der Waals surface area contributed by atoms with Crippen molar-refractivity contribution in [1.29, 1.82) is 0 Å². The minimum Gasteiger partial charge on any atom is -0.311 e. The third-order valence-electron chi connectivity index (χ3n) is 12.0. The lowest BCUT2D eigenvalue weighted by Crippen LogP contribution is -2.59. The molecule has 2 aliphatic rings. The van der Waals surface area contributed by atoms with Gasteiger partial charge in [-0.15, -0.1) is 0 Å². The molecule has 3 heterocycles. The zero-order valence-corrected chi connectivity index (χ0v) is 32.4. The van der Waals surface area contributed by atoms with Crippen LogP contribution in [0, 0.1) is 0 Å². The smallest absolute Gasteiger partial charge is 0.249 e. The average Bonchev–Trinajstić information content (AvgIpc) is 3.63. The van der Waals surface area contributed by atoms with Crippen molar-refractivity contribution in [2.45, 2.75) is 9.79 Å². The molecule has 0 saturated heterocycles. The highest BCUT2D eigenvalue weighted by atomic mass is 32.2. The summed E-state index contributed by atoms with van der Waals surface area (Å²) < 4.78 is 2.45. The maximum Gasteiger partial charge on any atom is 0.249 e. The van der Waals surface area contributed by atoms with E-state index in [-0.39, 0.29) is 6.71 Å². The molecule has 0 fully saturated rings. The van der Waals surface area contributed by atoms with Crippen molar-refractivity contribution in [2.24, 2.45) is 0 Å². The van der Waals surface area contributed by atoms with Gasteiger partial charge in [0.15, 0.2) is 0 Å². The third-order valence-corrected chi connectivity index (χ3v) is 13.2. The van der Waals surface area contributed by atoms with Gasteiger partial charge in [0.1, 0.15) is 0 Å². The normalized spacial score (nSPS) is 12.7. The van der Waals surface area contributed by atoms with Crippen LogP contribution in [0.3, 0.4) is 0 Å². The van der Waals surface area contributed by atoms with Crippen molar-refractivity contribution in [1.82, 2.24) is 4.57 Å². The molecule has 10 aromatic rings. The summed E-state index contributed by atoms with van der Waals surface area (Å²) in [5, 5.41) is 2.47. The predicted octanol–water partition coefficient (Wildman–Crippen LogP) is 12.5. The Morgan fingerprint density at radius 3 is 1.76 bits per heavy atom. The Balaban J connectivity index is 1.05. The van der Waals surface area contributed by atoms with Gasteiger partial charge >= 0.3 is 0 Å². The standard InChI is InChI=1S/C54H35BN2S/c1-3-16-36(17-4-1)39-32-40(37-18-5-2-6-19-37)34-41(33-39)56-48-25-12-8-21-43(48)44-35-38(30-31-49(44)56)42-20-7-11-24-47(42)57-50-26-13-9-22-45(50)55-46-23-10-14-28-52(46)58-53-29-15-27-51(57)54(53)55/h1-35H. The van der Waals surface area contributed by atoms with Gasteiger partial charge in [0.2, 0.25) is 6.71 Å². The minimum absolute atomic E-state index is 0.188. The Bertz CT molecular complexity index is 3170. The second kappa shape index (κ2) is 13.3.